The summed E-state index contributed by atoms with van der Waals surface area (Å²) in [6, 6.07) is 60.7. The Balaban J connectivity index is 0.000000103. The van der Waals surface area contributed by atoms with Crippen LogP contribution >= 0.6 is 0 Å². The van der Waals surface area contributed by atoms with Crippen LogP contribution in [0.1, 0.15) is 226 Å². The zero-order chi connectivity index (χ0) is 80.2. The molecule has 0 unspecified atom stereocenters. The monoisotopic (exact) mass is 1520 g/mol. The standard InChI is InChI=1S/C24H29NO.C22H31N.C21H26N2O.C21H25NO.C17H19N/c1-17-11-12-19-18-9-5-6-10-20(18)26-22(19)21(17)25-16-24(15-23(25,2)3)13-7-4-8-14-24;1-15-6-4-5-7-20(15)23-14-22(13-21(23,2)3)18-9-16-8-17(11-18)12-19(22)10-16;1-13-7-9-15-16-10-8-14(2)22-19(16)24-18(15)17(13)23-12-20(3,4)11-21(23,5)6;1-14-10-11-16-15-8-6-7-9-17(15)23-19(16)18(14)22-13-20(2,3)12-21(22,4)5;1-13-8-4-6-10-15(13)18-12-17(2,3)14-9-5-7-11-16(14)18/h5-6,9-12H,4,7-8,13-16H2,1-3H3;4-7,16-19H,8-14H2,1-3H3;7-10H,11-12H2,1-6H3;6-11H,12-13H2,1-5H3;4-11H,12H2,1-3H3. The van der Waals surface area contributed by atoms with Crippen molar-refractivity contribution in [1.82, 2.24) is 4.98 Å². The van der Waals surface area contributed by atoms with Gasteiger partial charge in [-0.3, -0.25) is 0 Å². The predicted octanol–water partition coefficient (Wildman–Crippen LogP) is 28.2. The first-order valence-corrected chi connectivity index (χ1v) is 43.7. The largest absolute Gasteiger partial charge is 0.454 e. The van der Waals surface area contributed by atoms with Crippen LogP contribution in [0.25, 0.3) is 65.9 Å². The van der Waals surface area contributed by atoms with Gasteiger partial charge in [-0.25, -0.2) is 4.98 Å². The van der Waals surface area contributed by atoms with Crippen molar-refractivity contribution in [2.24, 2.45) is 45.3 Å². The van der Waals surface area contributed by atoms with Gasteiger partial charge in [0.1, 0.15) is 11.2 Å². The lowest BCUT2D eigenvalue weighted by atomic mass is 9.44. The average Bonchev–Trinajstić information content (AvgIpc) is 1.51. The number of benzene rings is 8. The molecule has 4 aromatic heterocycles. The summed E-state index contributed by atoms with van der Waals surface area (Å²) in [6.45, 7) is 52.1. The summed E-state index contributed by atoms with van der Waals surface area (Å²) >= 11 is 0. The van der Waals surface area contributed by atoms with Crippen LogP contribution in [0.5, 0.6) is 0 Å². The Labute approximate surface area is 681 Å². The SMILES string of the molecule is Cc1ccc2c(n1)oc1c(N3CC(C)(C)CC3(C)C)c(C)ccc12.Cc1ccc2c(oc3ccccc32)c1N1CC(C)(C)CC1(C)C.Cc1ccc2c(oc3ccccc32)c1N1CC2(CCCCC2)CC1(C)C.Cc1ccccc1N1CC(C)(C)c2ccccc21.Cc1ccccc1N1CC2(CC1(C)C)C1CC3CC(C1)CC2C3. The van der Waals surface area contributed by atoms with Gasteiger partial charge in [-0.1, -0.05) is 188 Å². The molecule has 5 aliphatic carbocycles. The molecule has 0 N–H and O–H groups in total. The molecular formula is C105H130N6O3. The molecule has 10 aliphatic rings. The molecule has 4 bridgehead atoms. The molecule has 9 fully saturated rings. The number of fused-ring (bicyclic) bond motifs is 10. The fourth-order valence-corrected chi connectivity index (χ4v) is 25.3. The van der Waals surface area contributed by atoms with Crippen LogP contribution in [0, 0.1) is 86.9 Å². The first-order chi connectivity index (χ1) is 54.0. The van der Waals surface area contributed by atoms with E-state index in [0.29, 0.717) is 27.2 Å². The third-order valence-electron chi connectivity index (χ3n) is 29.5. The third-order valence-corrected chi connectivity index (χ3v) is 29.5. The van der Waals surface area contributed by atoms with E-state index in [9.17, 15) is 0 Å². The number of aryl methyl sites for hydroxylation is 6. The maximum absolute atomic E-state index is 6.40. The molecule has 0 radical (unpaired) electrons. The van der Waals surface area contributed by atoms with Gasteiger partial charge < -0.3 is 37.8 Å². The van der Waals surface area contributed by atoms with Crippen molar-refractivity contribution in [3.05, 3.63) is 209 Å². The highest BCUT2D eigenvalue weighted by atomic mass is 16.3. The highest BCUT2D eigenvalue weighted by molar-refractivity contribution is 6.11. The lowest BCUT2D eigenvalue weighted by Crippen LogP contribution is -2.54. The number of hydrogen-bond donors (Lipinski definition) is 0. The van der Waals surface area contributed by atoms with Crippen molar-refractivity contribution in [2.75, 3.05) is 57.2 Å². The van der Waals surface area contributed by atoms with Crippen LogP contribution in [-0.4, -0.2) is 59.9 Å². The summed E-state index contributed by atoms with van der Waals surface area (Å²) in [7, 11) is 0. The van der Waals surface area contributed by atoms with Gasteiger partial charge in [0.2, 0.25) is 5.71 Å². The normalized spacial score (nSPS) is 24.5. The number of anilines is 6. The van der Waals surface area contributed by atoms with Gasteiger partial charge in [0.05, 0.1) is 17.1 Å². The molecule has 0 amide bonds. The van der Waals surface area contributed by atoms with E-state index in [1.807, 2.05) is 13.0 Å². The minimum atomic E-state index is 0.116. The maximum Gasteiger partial charge on any atom is 0.227 e. The molecule has 5 saturated carbocycles. The molecule has 5 aliphatic heterocycles. The summed E-state index contributed by atoms with van der Waals surface area (Å²) in [5, 5.41) is 7.18. The number of hydrogen-bond acceptors (Lipinski definition) is 9. The average molecular weight is 1520 g/mol. The van der Waals surface area contributed by atoms with Crippen LogP contribution in [0.4, 0.5) is 34.1 Å². The minimum Gasteiger partial charge on any atom is -0.454 e. The van der Waals surface area contributed by atoms with E-state index in [2.05, 4.69) is 325 Å². The predicted molar refractivity (Wildman–Crippen MR) is 483 cm³/mol. The summed E-state index contributed by atoms with van der Waals surface area (Å²) in [4.78, 5) is 17.6. The van der Waals surface area contributed by atoms with Gasteiger partial charge in [0.25, 0.3) is 0 Å². The smallest absolute Gasteiger partial charge is 0.227 e. The highest BCUT2D eigenvalue weighted by Gasteiger charge is 2.63. The minimum absolute atomic E-state index is 0.116. The number of nitrogens with zero attached hydrogens (tertiary/aromatic N) is 6. The fraction of sp³-hybridized carbons (Fsp3) is 0.495. The van der Waals surface area contributed by atoms with Crippen molar-refractivity contribution in [1.29, 1.82) is 0 Å². The Hall–Kier alpha value is -8.69. The van der Waals surface area contributed by atoms with E-state index in [1.165, 1.54) is 165 Å². The maximum atomic E-state index is 6.40. The van der Waals surface area contributed by atoms with Gasteiger partial charge in [-0.2, -0.15) is 0 Å². The second-order valence-corrected chi connectivity index (χ2v) is 42.2. The van der Waals surface area contributed by atoms with E-state index in [0.717, 1.165) is 88.0 Å². The number of furan rings is 3. The zero-order valence-electron chi connectivity index (χ0n) is 72.8. The number of rotatable bonds is 5. The molecule has 22 rings (SSSR count). The highest BCUT2D eigenvalue weighted by Crippen LogP contribution is 2.68. The van der Waals surface area contributed by atoms with Gasteiger partial charge in [0, 0.05) is 115 Å². The van der Waals surface area contributed by atoms with Crippen molar-refractivity contribution in [3.63, 3.8) is 0 Å². The number of aromatic nitrogens is 1. The lowest BCUT2D eigenvalue weighted by Gasteiger charge is -2.60. The van der Waals surface area contributed by atoms with E-state index < -0.39 is 0 Å². The molecule has 2 spiro atoms. The molecule has 4 saturated heterocycles. The first-order valence-electron chi connectivity index (χ1n) is 43.7. The van der Waals surface area contributed by atoms with Crippen LogP contribution in [-0.2, 0) is 5.41 Å². The Bertz CT molecular complexity index is 5600. The van der Waals surface area contributed by atoms with Crippen molar-refractivity contribution in [2.45, 2.75) is 256 Å². The fourth-order valence-electron chi connectivity index (χ4n) is 25.3. The second-order valence-electron chi connectivity index (χ2n) is 42.2. The molecule has 9 heterocycles. The van der Waals surface area contributed by atoms with Crippen LogP contribution in [0.3, 0.4) is 0 Å². The number of pyridine rings is 1. The molecule has 12 aromatic rings. The Morgan fingerprint density at radius 1 is 0.333 bits per heavy atom. The molecule has 9 heteroatoms. The van der Waals surface area contributed by atoms with Crippen LogP contribution in [0.2, 0.25) is 0 Å². The van der Waals surface area contributed by atoms with Crippen molar-refractivity contribution in [3.8, 4) is 0 Å². The molecule has 9 nitrogen and oxygen atoms in total. The molecule has 8 aromatic carbocycles. The molecule has 0 atom stereocenters. The molecular weight excluding hydrogens is 1390 g/mol. The first kappa shape index (κ1) is 77.9. The van der Waals surface area contributed by atoms with Crippen LogP contribution < -0.4 is 24.5 Å². The second kappa shape index (κ2) is 28.3. The van der Waals surface area contributed by atoms with Gasteiger partial charge in [-0.15, -0.1) is 0 Å². The summed E-state index contributed by atoms with van der Waals surface area (Å²) in [6.07, 6.45) is 19.8. The topological polar surface area (TPSA) is 68.5 Å². The Kier molecular flexibility index (Phi) is 19.3. The van der Waals surface area contributed by atoms with Crippen LogP contribution in [0.15, 0.2) is 183 Å². The number of para-hydroxylation sites is 5. The summed E-state index contributed by atoms with van der Waals surface area (Å²) < 4.78 is 19.0. The van der Waals surface area contributed by atoms with Gasteiger partial charge >= 0.3 is 0 Å². The van der Waals surface area contributed by atoms with E-state index in [4.69, 9.17) is 13.3 Å². The van der Waals surface area contributed by atoms with E-state index in [-0.39, 0.29) is 22.0 Å². The Morgan fingerprint density at radius 2 is 0.754 bits per heavy atom. The van der Waals surface area contributed by atoms with E-state index >= 15 is 0 Å². The third kappa shape index (κ3) is 13.9. The summed E-state index contributed by atoms with van der Waals surface area (Å²) in [5.41, 5.74) is 25.7. The van der Waals surface area contributed by atoms with Gasteiger partial charge in [-0.05, 0) is 289 Å². The Morgan fingerprint density at radius 3 is 1.25 bits per heavy atom. The van der Waals surface area contributed by atoms with Crippen molar-refractivity contribution < 1.29 is 13.3 Å². The molecule has 114 heavy (non-hydrogen) atoms. The van der Waals surface area contributed by atoms with Crippen molar-refractivity contribution >= 4 is 100 Å². The van der Waals surface area contributed by atoms with E-state index in [1.54, 1.807) is 32.1 Å². The van der Waals surface area contributed by atoms with Gasteiger partial charge in [0.15, 0.2) is 16.7 Å². The lowest BCUT2D eigenvalue weighted by molar-refractivity contribution is -0.0993. The molecule has 598 valence electrons. The summed E-state index contributed by atoms with van der Waals surface area (Å²) in [5.74, 6) is 4.21. The zero-order valence-corrected chi connectivity index (χ0v) is 72.8. The quantitative estimate of drug-likeness (QED) is 0.168.